The van der Waals surface area contributed by atoms with E-state index >= 15 is 0 Å². The molecule has 0 bridgehead atoms. The van der Waals surface area contributed by atoms with Gasteiger partial charge in [-0.1, -0.05) is 36.5 Å². The molecule has 0 fully saturated rings. The summed E-state index contributed by atoms with van der Waals surface area (Å²) in [5.41, 5.74) is 7.75. The highest BCUT2D eigenvalue weighted by Gasteiger charge is 2.09. The van der Waals surface area contributed by atoms with Gasteiger partial charge in [0.25, 0.3) is 0 Å². The molecule has 0 amide bonds. The van der Waals surface area contributed by atoms with Gasteiger partial charge in [0.05, 0.1) is 0 Å². The van der Waals surface area contributed by atoms with Gasteiger partial charge in [0.2, 0.25) is 0 Å². The molecule has 0 unspecified atom stereocenters. The molecule has 20 heavy (non-hydrogen) atoms. The van der Waals surface area contributed by atoms with E-state index in [1.807, 2.05) is 14.0 Å². The summed E-state index contributed by atoms with van der Waals surface area (Å²) in [4.78, 5) is 0. The van der Waals surface area contributed by atoms with Crippen LogP contribution >= 0.6 is 0 Å². The van der Waals surface area contributed by atoms with Crippen molar-refractivity contribution in [3.8, 4) is 0 Å². The molecule has 108 valence electrons. The smallest absolute Gasteiger partial charge is 0.0270 e. The van der Waals surface area contributed by atoms with Crippen LogP contribution in [0.3, 0.4) is 0 Å². The van der Waals surface area contributed by atoms with Gasteiger partial charge in [0.1, 0.15) is 0 Å². The highest BCUT2D eigenvalue weighted by Crippen LogP contribution is 2.28. The van der Waals surface area contributed by atoms with Gasteiger partial charge in [-0.3, -0.25) is 0 Å². The van der Waals surface area contributed by atoms with Crippen molar-refractivity contribution in [2.24, 2.45) is 0 Å². The summed E-state index contributed by atoms with van der Waals surface area (Å²) in [5.74, 6) is 0. The van der Waals surface area contributed by atoms with Gasteiger partial charge >= 0.3 is 0 Å². The van der Waals surface area contributed by atoms with E-state index in [1.54, 1.807) is 0 Å². The zero-order valence-electron chi connectivity index (χ0n) is 13.5. The molecule has 1 aliphatic carbocycles. The minimum Gasteiger partial charge on any atom is -0.389 e. The van der Waals surface area contributed by atoms with Crippen molar-refractivity contribution in [3.63, 3.8) is 0 Å². The van der Waals surface area contributed by atoms with Crippen LogP contribution in [0.5, 0.6) is 0 Å². The minimum absolute atomic E-state index is 0.929. The minimum atomic E-state index is 0.929. The maximum atomic E-state index is 3.99. The zero-order chi connectivity index (χ0) is 15.1. The van der Waals surface area contributed by atoms with Crippen molar-refractivity contribution >= 4 is 0 Å². The van der Waals surface area contributed by atoms with Gasteiger partial charge in [-0.05, 0) is 68.9 Å². The van der Waals surface area contributed by atoms with Crippen molar-refractivity contribution in [1.29, 1.82) is 0 Å². The first kappa shape index (κ1) is 16.3. The van der Waals surface area contributed by atoms with Crippen LogP contribution in [-0.2, 0) is 0 Å². The number of nitrogens with one attached hydrogen (secondary N) is 1. The van der Waals surface area contributed by atoms with Crippen molar-refractivity contribution in [2.75, 3.05) is 7.05 Å². The van der Waals surface area contributed by atoms with E-state index in [0.29, 0.717) is 0 Å². The average Bonchev–Trinajstić information content (AvgIpc) is 2.46. The topological polar surface area (TPSA) is 12.0 Å². The molecule has 0 atom stereocenters. The summed E-state index contributed by atoms with van der Waals surface area (Å²) in [7, 11) is 1.90. The van der Waals surface area contributed by atoms with Gasteiger partial charge in [0.15, 0.2) is 0 Å². The second-order valence-electron chi connectivity index (χ2n) is 5.33. The van der Waals surface area contributed by atoms with E-state index < -0.39 is 0 Å². The number of hydrogen-bond donors (Lipinski definition) is 1. The Bertz CT molecular complexity index is 522. The maximum absolute atomic E-state index is 3.99. The van der Waals surface area contributed by atoms with Gasteiger partial charge in [-0.25, -0.2) is 0 Å². The molecule has 0 saturated carbocycles. The summed E-state index contributed by atoms with van der Waals surface area (Å²) in [6, 6.07) is 0. The van der Waals surface area contributed by atoms with Crippen molar-refractivity contribution < 1.29 is 0 Å². The summed E-state index contributed by atoms with van der Waals surface area (Å²) >= 11 is 0. The molecule has 0 aromatic carbocycles. The molecule has 0 radical (unpaired) electrons. The van der Waals surface area contributed by atoms with Crippen LogP contribution < -0.4 is 5.32 Å². The molecule has 0 aliphatic heterocycles. The number of likely N-dealkylation sites (N-methyl/N-ethyl adjacent to an activating group) is 1. The van der Waals surface area contributed by atoms with Crippen LogP contribution in [-0.4, -0.2) is 7.05 Å². The summed E-state index contributed by atoms with van der Waals surface area (Å²) in [6.45, 7) is 12.6. The third-order valence-electron chi connectivity index (χ3n) is 3.83. The lowest BCUT2D eigenvalue weighted by Crippen LogP contribution is -2.03. The predicted octanol–water partition coefficient (Wildman–Crippen LogP) is 5.22. The number of rotatable bonds is 5. The van der Waals surface area contributed by atoms with Gasteiger partial charge in [-0.15, -0.1) is 0 Å². The third-order valence-corrected chi connectivity index (χ3v) is 3.83. The highest BCUT2D eigenvalue weighted by atomic mass is 14.8. The monoisotopic (exact) mass is 269 g/mol. The molecule has 1 heteroatoms. The van der Waals surface area contributed by atoms with E-state index in [0.717, 1.165) is 12.1 Å². The average molecular weight is 269 g/mol. The molecular formula is C19H27N. The van der Waals surface area contributed by atoms with Gasteiger partial charge in [0, 0.05) is 12.7 Å². The Labute approximate surface area is 124 Å². The maximum Gasteiger partial charge on any atom is 0.0270 e. The van der Waals surface area contributed by atoms with Crippen LogP contribution in [0.1, 0.15) is 40.5 Å². The predicted molar refractivity (Wildman–Crippen MR) is 90.5 cm³/mol. The Balaban J connectivity index is 3.16. The lowest BCUT2D eigenvalue weighted by Gasteiger charge is -2.16. The summed E-state index contributed by atoms with van der Waals surface area (Å²) < 4.78 is 0. The van der Waals surface area contributed by atoms with Crippen molar-refractivity contribution in [2.45, 2.75) is 40.5 Å². The molecule has 1 rings (SSSR count). The lowest BCUT2D eigenvalue weighted by molar-refractivity contribution is 0.907. The van der Waals surface area contributed by atoms with Crippen LogP contribution in [0.25, 0.3) is 0 Å². The van der Waals surface area contributed by atoms with Gasteiger partial charge < -0.3 is 5.32 Å². The molecule has 0 aromatic rings. The SMILES string of the molecule is C=C(/C=C(\C=C/C)C(/C)=C(/C)C1=CC=C(C)CC1)NC. The largest absolute Gasteiger partial charge is 0.389 e. The molecule has 0 aromatic heterocycles. The van der Waals surface area contributed by atoms with Crippen LogP contribution in [0.15, 0.2) is 70.5 Å². The van der Waals surface area contributed by atoms with Crippen LogP contribution in [0.4, 0.5) is 0 Å². The quantitative estimate of drug-likeness (QED) is 0.674. The first-order valence-corrected chi connectivity index (χ1v) is 7.25. The molecule has 1 aliphatic rings. The number of allylic oxidation sites excluding steroid dienone is 10. The van der Waals surface area contributed by atoms with Crippen LogP contribution in [0.2, 0.25) is 0 Å². The van der Waals surface area contributed by atoms with E-state index in [9.17, 15) is 0 Å². The molecule has 0 heterocycles. The van der Waals surface area contributed by atoms with Crippen molar-refractivity contribution in [1.82, 2.24) is 5.32 Å². The molecule has 1 N–H and O–H groups in total. The van der Waals surface area contributed by atoms with E-state index in [2.05, 4.69) is 63.0 Å². The molecular weight excluding hydrogens is 242 g/mol. The number of hydrogen-bond acceptors (Lipinski definition) is 1. The van der Waals surface area contributed by atoms with E-state index in [-0.39, 0.29) is 0 Å². The molecule has 0 saturated heterocycles. The van der Waals surface area contributed by atoms with E-state index in [1.165, 1.54) is 34.3 Å². The van der Waals surface area contributed by atoms with Crippen molar-refractivity contribution in [3.05, 3.63) is 70.5 Å². The van der Waals surface area contributed by atoms with Crippen LogP contribution in [0, 0.1) is 0 Å². The summed E-state index contributed by atoms with van der Waals surface area (Å²) in [5, 5.41) is 3.08. The normalized spacial score (nSPS) is 17.6. The summed E-state index contributed by atoms with van der Waals surface area (Å²) in [6.07, 6.45) is 13.1. The molecule has 1 nitrogen and oxygen atoms in total. The Morgan fingerprint density at radius 1 is 1.25 bits per heavy atom. The van der Waals surface area contributed by atoms with Gasteiger partial charge in [-0.2, -0.15) is 0 Å². The lowest BCUT2D eigenvalue weighted by atomic mass is 9.89. The fraction of sp³-hybridized carbons (Fsp3) is 0.368. The zero-order valence-corrected chi connectivity index (χ0v) is 13.5. The van der Waals surface area contributed by atoms with E-state index in [4.69, 9.17) is 0 Å². The fourth-order valence-electron chi connectivity index (χ4n) is 2.23. The second kappa shape index (κ2) is 7.74. The standard InChI is InChI=1S/C19H27N/c1-7-8-19(13-15(3)20-6)17(5)16(4)18-11-9-14(2)10-12-18/h7-9,11,13,20H,3,10,12H2,1-2,4-6H3/b8-7-,17-16-,19-13+. The molecule has 0 spiro atoms. The Kier molecular flexibility index (Phi) is 6.30. The highest BCUT2D eigenvalue weighted by molar-refractivity contribution is 5.50. The first-order chi connectivity index (χ1) is 9.49. The third kappa shape index (κ3) is 4.41. The Morgan fingerprint density at radius 2 is 1.95 bits per heavy atom. The Hall–Kier alpha value is -1.76. The Morgan fingerprint density at radius 3 is 2.45 bits per heavy atom. The second-order valence-corrected chi connectivity index (χ2v) is 5.33. The first-order valence-electron chi connectivity index (χ1n) is 7.25. The fourth-order valence-corrected chi connectivity index (χ4v) is 2.23.